The molecule has 2 aliphatic rings. The normalized spacial score (nSPS) is 17.4. The smallest absolute Gasteiger partial charge is 0.335 e. The number of hydrogen-bond donors (Lipinski definition) is 1. The van der Waals surface area contributed by atoms with Gasteiger partial charge in [-0.2, -0.15) is 4.98 Å². The Morgan fingerprint density at radius 3 is 2.38 bits per heavy atom. The fraction of sp³-hybridized carbons (Fsp3) is 0.409. The van der Waals surface area contributed by atoms with Crippen molar-refractivity contribution in [2.75, 3.05) is 31.1 Å². The monoisotopic (exact) mass is 391 g/mol. The number of nitrogens with zero attached hydrogens (tertiary/aromatic N) is 5. The molecule has 7 heteroatoms. The van der Waals surface area contributed by atoms with E-state index in [1.807, 2.05) is 18.3 Å². The summed E-state index contributed by atoms with van der Waals surface area (Å²) in [6.45, 7) is 5.02. The van der Waals surface area contributed by atoms with E-state index in [1.165, 1.54) is 25.7 Å². The minimum absolute atomic E-state index is 0.298. The number of aromatic carboxylic acids is 1. The van der Waals surface area contributed by atoms with Crippen molar-refractivity contribution in [1.29, 1.82) is 0 Å². The van der Waals surface area contributed by atoms with Crippen molar-refractivity contribution in [2.45, 2.75) is 32.4 Å². The van der Waals surface area contributed by atoms with Crippen LogP contribution in [-0.2, 0) is 6.67 Å². The summed E-state index contributed by atoms with van der Waals surface area (Å²) in [7, 11) is 0. The van der Waals surface area contributed by atoms with Crippen molar-refractivity contribution in [3.05, 3.63) is 42.1 Å². The molecule has 150 valence electrons. The molecule has 2 saturated heterocycles. The van der Waals surface area contributed by atoms with Gasteiger partial charge in [-0.15, -0.1) is 0 Å². The van der Waals surface area contributed by atoms with Crippen LogP contribution < -0.4 is 4.90 Å². The topological polar surface area (TPSA) is 74.5 Å². The molecule has 7 nitrogen and oxygen atoms in total. The molecule has 0 spiro atoms. The molecule has 1 N–H and O–H groups in total. The highest BCUT2D eigenvalue weighted by molar-refractivity contribution is 5.89. The molecule has 4 heterocycles. The Morgan fingerprint density at radius 1 is 1.00 bits per heavy atom. The van der Waals surface area contributed by atoms with Crippen LogP contribution in [0.4, 0.5) is 5.95 Å². The van der Waals surface area contributed by atoms with Gasteiger partial charge in [-0.3, -0.25) is 4.90 Å². The molecule has 0 bridgehead atoms. The van der Waals surface area contributed by atoms with Gasteiger partial charge in [-0.1, -0.05) is 12.1 Å². The summed E-state index contributed by atoms with van der Waals surface area (Å²) < 4.78 is 2.26. The molecule has 0 atom stereocenters. The standard InChI is InChI=1S/C22H25N5O2/c28-21(29)17-7-5-16(6-8-17)19-13-18-14-23-22(26-11-3-4-12-26)24-20(18)27(19)15-25-9-1-2-10-25/h5-8,13-14H,1-4,9-12,15H2,(H,28,29). The Bertz CT molecular complexity index is 1030. The Morgan fingerprint density at radius 2 is 1.69 bits per heavy atom. The highest BCUT2D eigenvalue weighted by atomic mass is 16.4. The van der Waals surface area contributed by atoms with Gasteiger partial charge >= 0.3 is 5.97 Å². The number of likely N-dealkylation sites (tertiary alicyclic amines) is 1. The molecule has 1 aromatic carbocycles. The highest BCUT2D eigenvalue weighted by Crippen LogP contribution is 2.30. The highest BCUT2D eigenvalue weighted by Gasteiger charge is 2.20. The lowest BCUT2D eigenvalue weighted by Crippen LogP contribution is -2.24. The molecule has 5 rings (SSSR count). The first-order valence-electron chi connectivity index (χ1n) is 10.4. The van der Waals surface area contributed by atoms with Crippen LogP contribution in [0, 0.1) is 0 Å². The lowest BCUT2D eigenvalue weighted by atomic mass is 10.1. The number of benzene rings is 1. The lowest BCUT2D eigenvalue weighted by molar-refractivity contribution is 0.0697. The molecule has 29 heavy (non-hydrogen) atoms. The van der Waals surface area contributed by atoms with Crippen LogP contribution in [0.25, 0.3) is 22.3 Å². The lowest BCUT2D eigenvalue weighted by Gasteiger charge is -2.20. The Labute approximate surface area is 169 Å². The number of hydrogen-bond acceptors (Lipinski definition) is 5. The number of anilines is 1. The second kappa shape index (κ2) is 7.48. The molecule has 0 saturated carbocycles. The van der Waals surface area contributed by atoms with E-state index in [2.05, 4.69) is 25.4 Å². The fourth-order valence-corrected chi connectivity index (χ4v) is 4.39. The third kappa shape index (κ3) is 3.46. The van der Waals surface area contributed by atoms with E-state index in [9.17, 15) is 9.90 Å². The Kier molecular flexibility index (Phi) is 4.67. The zero-order valence-electron chi connectivity index (χ0n) is 16.4. The van der Waals surface area contributed by atoms with E-state index in [-0.39, 0.29) is 0 Å². The maximum Gasteiger partial charge on any atom is 0.335 e. The Hall–Kier alpha value is -2.93. The van der Waals surface area contributed by atoms with E-state index in [1.54, 1.807) is 12.1 Å². The maximum absolute atomic E-state index is 11.2. The number of carbonyl (C=O) groups is 1. The molecule has 0 radical (unpaired) electrons. The van der Waals surface area contributed by atoms with Crippen LogP contribution in [0.1, 0.15) is 36.0 Å². The predicted molar refractivity (Wildman–Crippen MR) is 112 cm³/mol. The van der Waals surface area contributed by atoms with E-state index in [0.29, 0.717) is 5.56 Å². The zero-order chi connectivity index (χ0) is 19.8. The number of rotatable bonds is 5. The Balaban J connectivity index is 1.60. The van der Waals surface area contributed by atoms with Crippen molar-refractivity contribution < 1.29 is 9.90 Å². The van der Waals surface area contributed by atoms with Crippen LogP contribution in [0.3, 0.4) is 0 Å². The first-order chi connectivity index (χ1) is 14.2. The van der Waals surface area contributed by atoms with Crippen LogP contribution in [0.15, 0.2) is 36.5 Å². The van der Waals surface area contributed by atoms with Crippen LogP contribution >= 0.6 is 0 Å². The predicted octanol–water partition coefficient (Wildman–Crippen LogP) is 3.45. The average molecular weight is 391 g/mol. The van der Waals surface area contributed by atoms with Crippen LogP contribution in [0.2, 0.25) is 0 Å². The van der Waals surface area contributed by atoms with Crippen LogP contribution in [0.5, 0.6) is 0 Å². The van der Waals surface area contributed by atoms with Gasteiger partial charge in [-0.05, 0) is 62.5 Å². The van der Waals surface area contributed by atoms with Crippen molar-refractivity contribution >= 4 is 23.0 Å². The number of carboxylic acids is 1. The van der Waals surface area contributed by atoms with Gasteiger partial charge in [0.2, 0.25) is 5.95 Å². The number of fused-ring (bicyclic) bond motifs is 1. The third-order valence-electron chi connectivity index (χ3n) is 5.98. The molecular weight excluding hydrogens is 366 g/mol. The molecule has 0 amide bonds. The summed E-state index contributed by atoms with van der Waals surface area (Å²) in [5.74, 6) is -0.0983. The summed E-state index contributed by atoms with van der Waals surface area (Å²) in [5, 5.41) is 10.2. The molecular formula is C22H25N5O2. The average Bonchev–Trinajstić information content (AvgIpc) is 3.50. The first kappa shape index (κ1) is 18.1. The summed E-state index contributed by atoms with van der Waals surface area (Å²) >= 11 is 0. The number of aromatic nitrogens is 3. The van der Waals surface area contributed by atoms with Gasteiger partial charge in [-0.25, -0.2) is 9.78 Å². The quantitative estimate of drug-likeness (QED) is 0.718. The molecule has 2 aliphatic heterocycles. The van der Waals surface area contributed by atoms with Gasteiger partial charge in [0.05, 0.1) is 17.9 Å². The zero-order valence-corrected chi connectivity index (χ0v) is 16.4. The molecule has 3 aromatic rings. The van der Waals surface area contributed by atoms with Gasteiger partial charge in [0.25, 0.3) is 0 Å². The van der Waals surface area contributed by atoms with E-state index in [4.69, 9.17) is 4.98 Å². The SMILES string of the molecule is O=C(O)c1ccc(-c2cc3cnc(N4CCCC4)nc3n2CN2CCCC2)cc1. The van der Waals surface area contributed by atoms with Crippen molar-refractivity contribution in [1.82, 2.24) is 19.4 Å². The second-order valence-corrected chi connectivity index (χ2v) is 7.95. The van der Waals surface area contributed by atoms with Gasteiger partial charge in [0, 0.05) is 24.7 Å². The van der Waals surface area contributed by atoms with Gasteiger partial charge < -0.3 is 14.6 Å². The molecule has 2 fully saturated rings. The third-order valence-corrected chi connectivity index (χ3v) is 5.98. The minimum atomic E-state index is -0.907. The summed E-state index contributed by atoms with van der Waals surface area (Å²) in [5.41, 5.74) is 3.30. The minimum Gasteiger partial charge on any atom is -0.478 e. The van der Waals surface area contributed by atoms with Crippen molar-refractivity contribution in [3.8, 4) is 11.3 Å². The second-order valence-electron chi connectivity index (χ2n) is 7.95. The van der Waals surface area contributed by atoms with Crippen molar-refractivity contribution in [2.24, 2.45) is 0 Å². The molecule has 2 aromatic heterocycles. The summed E-state index contributed by atoms with van der Waals surface area (Å²) in [6.07, 6.45) is 6.77. The molecule has 0 unspecified atom stereocenters. The van der Waals surface area contributed by atoms with Crippen LogP contribution in [-0.4, -0.2) is 56.7 Å². The fourth-order valence-electron chi connectivity index (χ4n) is 4.39. The summed E-state index contributed by atoms with van der Waals surface area (Å²) in [6, 6.07) is 9.21. The van der Waals surface area contributed by atoms with Crippen molar-refractivity contribution in [3.63, 3.8) is 0 Å². The van der Waals surface area contributed by atoms with Gasteiger partial charge in [0.1, 0.15) is 5.65 Å². The molecule has 0 aliphatic carbocycles. The maximum atomic E-state index is 11.2. The largest absolute Gasteiger partial charge is 0.478 e. The van der Waals surface area contributed by atoms with E-state index < -0.39 is 5.97 Å². The summed E-state index contributed by atoms with van der Waals surface area (Å²) in [4.78, 5) is 25.5. The first-order valence-corrected chi connectivity index (χ1v) is 10.4. The van der Waals surface area contributed by atoms with Gasteiger partial charge in [0.15, 0.2) is 0 Å². The van der Waals surface area contributed by atoms with E-state index >= 15 is 0 Å². The van der Waals surface area contributed by atoms with E-state index in [0.717, 1.165) is 61.1 Å². The number of carboxylic acid groups (broad SMARTS) is 1.